The second-order valence-corrected chi connectivity index (χ2v) is 13.6. The minimum absolute atomic E-state index is 0.138. The van der Waals surface area contributed by atoms with E-state index in [1.807, 2.05) is 22.9 Å². The van der Waals surface area contributed by atoms with E-state index in [9.17, 15) is 19.5 Å². The van der Waals surface area contributed by atoms with Gasteiger partial charge in [0.25, 0.3) is 0 Å². The molecule has 0 bridgehead atoms. The number of imidazole rings is 1. The predicted octanol–water partition coefficient (Wildman–Crippen LogP) is 6.57. The van der Waals surface area contributed by atoms with Crippen LogP contribution in [0, 0.1) is 0 Å². The molecule has 13 heteroatoms. The smallest absolute Gasteiger partial charge is 0.414 e. The molecule has 1 unspecified atom stereocenters. The maximum absolute atomic E-state index is 14.1. The molecular weight excluding hydrogens is 659 g/mol. The summed E-state index contributed by atoms with van der Waals surface area (Å²) >= 11 is 0.950. The largest absolute Gasteiger partial charge is 0.494 e. The molecule has 50 heavy (non-hydrogen) atoms. The van der Waals surface area contributed by atoms with Gasteiger partial charge in [0.1, 0.15) is 29.5 Å². The summed E-state index contributed by atoms with van der Waals surface area (Å²) in [5, 5.41) is 9.91. The lowest BCUT2D eigenvalue weighted by Gasteiger charge is -2.28. The summed E-state index contributed by atoms with van der Waals surface area (Å²) < 4.78 is 19.8. The number of Topliss-reactive ketones (excluding diaryl/α,β-unsaturated/α-hetero) is 1. The van der Waals surface area contributed by atoms with Gasteiger partial charge >= 0.3 is 11.0 Å². The van der Waals surface area contributed by atoms with E-state index in [0.29, 0.717) is 39.8 Å². The second kappa shape index (κ2) is 13.9. The summed E-state index contributed by atoms with van der Waals surface area (Å²) in [5.41, 5.74) is 0.515. The first-order chi connectivity index (χ1) is 23.9. The number of anilines is 1. The lowest BCUT2D eigenvalue weighted by molar-refractivity contribution is -0.124. The number of rotatable bonds is 11. The van der Waals surface area contributed by atoms with Crippen LogP contribution in [0.4, 0.5) is 10.5 Å². The number of hydrogen-bond acceptors (Lipinski definition) is 10. The molecule has 1 aliphatic heterocycles. The van der Waals surface area contributed by atoms with Crippen LogP contribution < -0.4 is 19.2 Å². The number of aromatic hydroxyl groups is 1. The Morgan fingerprint density at radius 1 is 1.04 bits per heavy atom. The van der Waals surface area contributed by atoms with Gasteiger partial charge in [-0.2, -0.15) is 0 Å². The van der Waals surface area contributed by atoms with Crippen LogP contribution in [0.1, 0.15) is 36.8 Å². The molecule has 0 saturated carbocycles. The summed E-state index contributed by atoms with van der Waals surface area (Å²) in [6.07, 6.45) is 9.98. The third-order valence-electron chi connectivity index (χ3n) is 7.78. The highest BCUT2D eigenvalue weighted by Gasteiger charge is 2.41. The van der Waals surface area contributed by atoms with Crippen LogP contribution >= 0.6 is 11.3 Å². The van der Waals surface area contributed by atoms with Crippen molar-refractivity contribution in [1.29, 1.82) is 0 Å². The van der Waals surface area contributed by atoms with Gasteiger partial charge in [-0.1, -0.05) is 23.5 Å². The summed E-state index contributed by atoms with van der Waals surface area (Å²) in [7, 11) is 1.60. The van der Waals surface area contributed by atoms with Gasteiger partial charge in [0.15, 0.2) is 5.54 Å². The maximum atomic E-state index is 14.1. The number of ether oxygens (including phenoxy) is 3. The van der Waals surface area contributed by atoms with Crippen molar-refractivity contribution in [2.75, 3.05) is 18.6 Å². The van der Waals surface area contributed by atoms with Gasteiger partial charge in [0, 0.05) is 49.4 Å². The van der Waals surface area contributed by atoms with Gasteiger partial charge in [-0.15, -0.1) is 0 Å². The summed E-state index contributed by atoms with van der Waals surface area (Å²) in [5.74, 6) is 0.781. The average Bonchev–Trinajstić information content (AvgIpc) is 3.86. The average molecular weight is 694 g/mol. The molecule has 0 spiro atoms. The number of benzene rings is 3. The monoisotopic (exact) mass is 693 g/mol. The Morgan fingerprint density at radius 2 is 1.78 bits per heavy atom. The number of carbonyl (C=O) groups excluding carboxylic acids is 2. The standard InChI is InChI=1S/C37H35N5O7S/c1-36(2,3)49-35(46)41(4)26-10-15-29(30(21-26)48-28-13-8-25(9-14-28)42-19-18-38-23-42)37(16-5-17-39-37)32(43)22-47-27-11-6-24(7-12-27)20-31-33(44)40-34(45)50-31/h5-19,21,23,44H,20,22H2,1-4H3,(H,40,45). The number of carbonyl (C=O) groups is 2. The molecule has 0 fully saturated rings. The van der Waals surface area contributed by atoms with E-state index in [-0.39, 0.29) is 23.1 Å². The summed E-state index contributed by atoms with van der Waals surface area (Å²) in [6.45, 7) is 5.07. The highest BCUT2D eigenvalue weighted by Crippen LogP contribution is 2.41. The number of thiazole rings is 1. The van der Waals surface area contributed by atoms with Crippen molar-refractivity contribution in [3.05, 3.63) is 123 Å². The first-order valence-electron chi connectivity index (χ1n) is 15.7. The predicted molar refractivity (Wildman–Crippen MR) is 190 cm³/mol. The van der Waals surface area contributed by atoms with Gasteiger partial charge in [0.2, 0.25) is 11.7 Å². The van der Waals surface area contributed by atoms with Crippen LogP contribution in [0.15, 0.2) is 107 Å². The van der Waals surface area contributed by atoms with Crippen molar-refractivity contribution >= 4 is 35.1 Å². The molecule has 5 aromatic rings. The molecule has 1 atom stereocenters. The lowest BCUT2D eigenvalue weighted by atomic mass is 9.86. The Hall–Kier alpha value is -5.95. The van der Waals surface area contributed by atoms with E-state index >= 15 is 0 Å². The van der Waals surface area contributed by atoms with Crippen LogP contribution in [0.5, 0.6) is 23.1 Å². The highest BCUT2D eigenvalue weighted by molar-refractivity contribution is 7.09. The maximum Gasteiger partial charge on any atom is 0.414 e. The minimum atomic E-state index is -1.46. The molecule has 2 N–H and O–H groups in total. The van der Waals surface area contributed by atoms with Crippen molar-refractivity contribution in [2.45, 2.75) is 38.3 Å². The number of amides is 1. The van der Waals surface area contributed by atoms with Gasteiger partial charge < -0.3 is 23.9 Å². The quantitative estimate of drug-likeness (QED) is 0.158. The number of ketones is 1. The minimum Gasteiger partial charge on any atom is -0.494 e. The number of aliphatic imine (C=N–C) groups is 1. The molecule has 0 aliphatic carbocycles. The first-order valence-corrected chi connectivity index (χ1v) is 16.5. The van der Waals surface area contributed by atoms with Crippen LogP contribution in [-0.4, -0.2) is 57.0 Å². The van der Waals surface area contributed by atoms with E-state index in [1.165, 1.54) is 4.90 Å². The van der Waals surface area contributed by atoms with Gasteiger partial charge in [-0.05, 0) is 87.0 Å². The number of aromatic amines is 1. The summed E-state index contributed by atoms with van der Waals surface area (Å²) in [4.78, 5) is 51.2. The van der Waals surface area contributed by atoms with E-state index in [1.54, 1.807) is 113 Å². The number of aromatic nitrogens is 3. The third-order valence-corrected chi connectivity index (χ3v) is 8.65. The Bertz CT molecular complexity index is 2100. The molecule has 2 aromatic heterocycles. The van der Waals surface area contributed by atoms with Crippen LogP contribution in [0.2, 0.25) is 0 Å². The molecule has 1 amide bonds. The van der Waals surface area contributed by atoms with Crippen molar-refractivity contribution < 1.29 is 28.9 Å². The molecule has 3 aromatic carbocycles. The molecule has 3 heterocycles. The number of nitrogens with zero attached hydrogens (tertiary/aromatic N) is 4. The zero-order valence-corrected chi connectivity index (χ0v) is 28.6. The van der Waals surface area contributed by atoms with Crippen molar-refractivity contribution in [3.63, 3.8) is 0 Å². The Balaban J connectivity index is 1.27. The van der Waals surface area contributed by atoms with Crippen molar-refractivity contribution in [1.82, 2.24) is 14.5 Å². The molecule has 6 rings (SSSR count). The fourth-order valence-electron chi connectivity index (χ4n) is 5.26. The van der Waals surface area contributed by atoms with Crippen LogP contribution in [0.3, 0.4) is 0 Å². The molecule has 1 aliphatic rings. The van der Waals surface area contributed by atoms with E-state index < -0.39 is 17.2 Å². The van der Waals surface area contributed by atoms with Crippen LogP contribution in [-0.2, 0) is 21.5 Å². The highest BCUT2D eigenvalue weighted by atomic mass is 32.1. The number of allylic oxidation sites excluding steroid dienone is 1. The fraction of sp³-hybridized carbons (Fsp3) is 0.216. The van der Waals surface area contributed by atoms with Gasteiger partial charge in [-0.25, -0.2) is 9.78 Å². The Kier molecular flexibility index (Phi) is 9.42. The fourth-order valence-corrected chi connectivity index (χ4v) is 6.02. The lowest BCUT2D eigenvalue weighted by Crippen LogP contribution is -2.36. The normalized spacial score (nSPS) is 15.2. The van der Waals surface area contributed by atoms with E-state index in [2.05, 4.69) is 15.0 Å². The molecule has 12 nitrogen and oxygen atoms in total. The number of H-pyrrole nitrogens is 1. The van der Waals surface area contributed by atoms with Crippen LogP contribution in [0.25, 0.3) is 5.69 Å². The molecule has 0 radical (unpaired) electrons. The topological polar surface area (TPSA) is 148 Å². The first kappa shape index (κ1) is 33.9. The summed E-state index contributed by atoms with van der Waals surface area (Å²) in [6, 6.07) is 19.5. The van der Waals surface area contributed by atoms with Crippen molar-refractivity contribution in [3.8, 4) is 28.8 Å². The third kappa shape index (κ3) is 7.52. The number of hydrogen-bond donors (Lipinski definition) is 2. The SMILES string of the molecule is CN(C(=O)OC(C)(C)C)c1ccc(C2(C(=O)COc3ccc(Cc4sc(=O)[nH]c4O)cc3)C=CC=N2)c(Oc2ccc(-n3ccnc3)cc2)c1. The molecular formula is C37H35N5O7S. The number of nitrogens with one attached hydrogen (secondary N) is 1. The Labute approximate surface area is 291 Å². The van der Waals surface area contributed by atoms with Gasteiger partial charge in [0.05, 0.1) is 16.9 Å². The molecule has 256 valence electrons. The second-order valence-electron chi connectivity index (χ2n) is 12.5. The molecule has 0 saturated heterocycles. The zero-order chi connectivity index (χ0) is 35.5. The zero-order valence-electron chi connectivity index (χ0n) is 27.8. The van der Waals surface area contributed by atoms with E-state index in [0.717, 1.165) is 22.6 Å². The van der Waals surface area contributed by atoms with Gasteiger partial charge in [-0.3, -0.25) is 24.5 Å². The van der Waals surface area contributed by atoms with E-state index in [4.69, 9.17) is 14.2 Å². The van der Waals surface area contributed by atoms with Crippen molar-refractivity contribution in [2.24, 2.45) is 4.99 Å². The Morgan fingerprint density at radius 3 is 2.40 bits per heavy atom.